The van der Waals surface area contributed by atoms with Gasteiger partial charge in [0.15, 0.2) is 0 Å². The summed E-state index contributed by atoms with van der Waals surface area (Å²) in [4.78, 5) is 0. The summed E-state index contributed by atoms with van der Waals surface area (Å²) in [7, 11) is 0. The van der Waals surface area contributed by atoms with Gasteiger partial charge in [0.25, 0.3) is 0 Å². The zero-order valence-corrected chi connectivity index (χ0v) is 10.2. The van der Waals surface area contributed by atoms with E-state index in [4.69, 9.17) is 9.47 Å². The summed E-state index contributed by atoms with van der Waals surface area (Å²) < 4.78 is 11.3. The Hall–Kier alpha value is -0.380. The smallest absolute Gasteiger partial charge is 0.0926 e. The van der Waals surface area contributed by atoms with Crippen molar-refractivity contribution in [3.63, 3.8) is 0 Å². The summed E-state index contributed by atoms with van der Waals surface area (Å²) in [6, 6.07) is 10.3. The molecule has 0 aromatic heterocycles. The van der Waals surface area contributed by atoms with Crippen LogP contribution >= 0.6 is 15.9 Å². The highest BCUT2D eigenvalue weighted by Gasteiger charge is 2.21. The number of hydrogen-bond donors (Lipinski definition) is 0. The van der Waals surface area contributed by atoms with Crippen molar-refractivity contribution >= 4 is 15.9 Å². The van der Waals surface area contributed by atoms with Gasteiger partial charge in [0, 0.05) is 11.9 Å². The third-order valence-corrected chi connectivity index (χ3v) is 3.14. The lowest BCUT2D eigenvalue weighted by atomic mass is 10.1. The van der Waals surface area contributed by atoms with Gasteiger partial charge in [0.05, 0.1) is 18.8 Å². The van der Waals surface area contributed by atoms with Crippen molar-refractivity contribution < 1.29 is 9.47 Å². The molecule has 2 atom stereocenters. The van der Waals surface area contributed by atoms with Crippen LogP contribution in [-0.4, -0.2) is 24.6 Å². The summed E-state index contributed by atoms with van der Waals surface area (Å²) in [5, 5.41) is 0.827. The second-order valence-corrected chi connectivity index (χ2v) is 4.32. The number of benzene rings is 1. The summed E-state index contributed by atoms with van der Waals surface area (Å²) in [6.45, 7) is 1.56. The molecule has 0 radical (unpaired) electrons. The normalized spacial score (nSPS) is 22.9. The molecule has 0 bridgehead atoms. The summed E-state index contributed by atoms with van der Waals surface area (Å²) >= 11 is 3.49. The van der Waals surface area contributed by atoms with Crippen molar-refractivity contribution in [2.45, 2.75) is 18.6 Å². The van der Waals surface area contributed by atoms with E-state index < -0.39 is 0 Å². The van der Waals surface area contributed by atoms with Crippen molar-refractivity contribution in [2.75, 3.05) is 18.5 Å². The average molecular weight is 271 g/mol. The Morgan fingerprint density at radius 1 is 1.40 bits per heavy atom. The third kappa shape index (κ3) is 3.03. The molecule has 1 fully saturated rings. The van der Waals surface area contributed by atoms with E-state index in [1.54, 1.807) is 0 Å². The van der Waals surface area contributed by atoms with Gasteiger partial charge in [-0.15, -0.1) is 0 Å². The predicted molar refractivity (Wildman–Crippen MR) is 63.3 cm³/mol. The van der Waals surface area contributed by atoms with E-state index in [0.717, 1.165) is 25.0 Å². The minimum Gasteiger partial charge on any atom is -0.379 e. The second-order valence-electron chi connectivity index (χ2n) is 3.68. The van der Waals surface area contributed by atoms with E-state index in [1.165, 1.54) is 5.56 Å². The van der Waals surface area contributed by atoms with Crippen molar-refractivity contribution in [3.05, 3.63) is 35.9 Å². The minimum atomic E-state index is 0.137. The molecule has 3 heteroatoms. The molecule has 0 saturated carbocycles. The number of ether oxygens (including phenoxy) is 2. The lowest BCUT2D eigenvalue weighted by Crippen LogP contribution is -2.17. The molecule has 2 nitrogen and oxygen atoms in total. The van der Waals surface area contributed by atoms with Gasteiger partial charge < -0.3 is 9.47 Å². The van der Waals surface area contributed by atoms with Gasteiger partial charge in [-0.05, 0) is 12.0 Å². The topological polar surface area (TPSA) is 18.5 Å². The Kier molecular flexibility index (Phi) is 4.18. The highest BCUT2D eigenvalue weighted by Crippen LogP contribution is 2.23. The Balaban J connectivity index is 1.97. The van der Waals surface area contributed by atoms with Crippen LogP contribution in [0.5, 0.6) is 0 Å². The largest absolute Gasteiger partial charge is 0.379 e. The van der Waals surface area contributed by atoms with E-state index >= 15 is 0 Å². The van der Waals surface area contributed by atoms with Gasteiger partial charge in [-0.3, -0.25) is 0 Å². The van der Waals surface area contributed by atoms with Crippen LogP contribution in [0.25, 0.3) is 0 Å². The molecule has 0 aliphatic carbocycles. The Morgan fingerprint density at radius 3 is 2.80 bits per heavy atom. The zero-order valence-electron chi connectivity index (χ0n) is 8.56. The zero-order chi connectivity index (χ0) is 10.5. The van der Waals surface area contributed by atoms with Crippen molar-refractivity contribution in [2.24, 2.45) is 0 Å². The van der Waals surface area contributed by atoms with Gasteiger partial charge in [-0.25, -0.2) is 0 Å². The predicted octanol–water partition coefficient (Wildman–Crippen LogP) is 2.93. The molecule has 15 heavy (non-hydrogen) atoms. The first-order valence-electron chi connectivity index (χ1n) is 5.24. The first-order valence-corrected chi connectivity index (χ1v) is 6.36. The molecule has 1 aliphatic rings. The number of alkyl halides is 1. The lowest BCUT2D eigenvalue weighted by molar-refractivity contribution is -0.00465. The molecule has 1 heterocycles. The SMILES string of the molecule is BrCC(OC1CCOC1)c1ccccc1. The maximum atomic E-state index is 5.97. The van der Waals surface area contributed by atoms with Crippen molar-refractivity contribution in [1.82, 2.24) is 0 Å². The maximum absolute atomic E-state index is 5.97. The van der Waals surface area contributed by atoms with Gasteiger partial charge >= 0.3 is 0 Å². The first-order chi connectivity index (χ1) is 7.40. The van der Waals surface area contributed by atoms with Crippen LogP contribution in [0.2, 0.25) is 0 Å². The summed E-state index contributed by atoms with van der Waals surface area (Å²) in [5.74, 6) is 0. The standard InChI is InChI=1S/C12H15BrO2/c13-8-12(10-4-2-1-3-5-10)15-11-6-7-14-9-11/h1-5,11-12H,6-9H2. The van der Waals surface area contributed by atoms with E-state index in [2.05, 4.69) is 28.1 Å². The molecule has 0 spiro atoms. The van der Waals surface area contributed by atoms with Crippen LogP contribution in [0, 0.1) is 0 Å². The van der Waals surface area contributed by atoms with E-state index in [9.17, 15) is 0 Å². The molecule has 82 valence electrons. The van der Waals surface area contributed by atoms with E-state index in [1.807, 2.05) is 18.2 Å². The average Bonchev–Trinajstić information content (AvgIpc) is 2.80. The van der Waals surface area contributed by atoms with Gasteiger partial charge in [-0.1, -0.05) is 46.3 Å². The molecular formula is C12H15BrO2. The highest BCUT2D eigenvalue weighted by molar-refractivity contribution is 9.09. The fourth-order valence-electron chi connectivity index (χ4n) is 1.72. The molecule has 1 aromatic carbocycles. The number of halogens is 1. The first kappa shape index (κ1) is 11.1. The second kappa shape index (κ2) is 5.64. The van der Waals surface area contributed by atoms with E-state index in [0.29, 0.717) is 0 Å². The van der Waals surface area contributed by atoms with Gasteiger partial charge in [0.2, 0.25) is 0 Å². The molecule has 2 rings (SSSR count). The van der Waals surface area contributed by atoms with Crippen LogP contribution in [-0.2, 0) is 9.47 Å². The van der Waals surface area contributed by atoms with Gasteiger partial charge in [0.1, 0.15) is 0 Å². The molecule has 1 aliphatic heterocycles. The Labute approximate surface area is 98.7 Å². The molecule has 1 aromatic rings. The van der Waals surface area contributed by atoms with Crippen molar-refractivity contribution in [3.8, 4) is 0 Å². The quantitative estimate of drug-likeness (QED) is 0.784. The Bertz CT molecular complexity index is 283. The summed E-state index contributed by atoms with van der Waals surface area (Å²) in [6.07, 6.45) is 1.40. The molecule has 2 unspecified atom stereocenters. The monoisotopic (exact) mass is 270 g/mol. The van der Waals surface area contributed by atoms with Crippen LogP contribution in [0.4, 0.5) is 0 Å². The highest BCUT2D eigenvalue weighted by atomic mass is 79.9. The summed E-state index contributed by atoms with van der Waals surface area (Å²) in [5.41, 5.74) is 1.22. The molecule has 0 amide bonds. The van der Waals surface area contributed by atoms with Gasteiger partial charge in [-0.2, -0.15) is 0 Å². The number of hydrogen-bond acceptors (Lipinski definition) is 2. The molecule has 0 N–H and O–H groups in total. The van der Waals surface area contributed by atoms with Crippen molar-refractivity contribution in [1.29, 1.82) is 0 Å². The fourth-order valence-corrected chi connectivity index (χ4v) is 2.25. The molecule has 1 saturated heterocycles. The number of rotatable bonds is 4. The minimum absolute atomic E-state index is 0.137. The lowest BCUT2D eigenvalue weighted by Gasteiger charge is -2.19. The fraction of sp³-hybridized carbons (Fsp3) is 0.500. The van der Waals surface area contributed by atoms with Crippen LogP contribution in [0.15, 0.2) is 30.3 Å². The van der Waals surface area contributed by atoms with Crippen LogP contribution in [0.1, 0.15) is 18.1 Å². The maximum Gasteiger partial charge on any atom is 0.0926 e. The molecular weight excluding hydrogens is 256 g/mol. The van der Waals surface area contributed by atoms with Crippen LogP contribution in [0.3, 0.4) is 0 Å². The van der Waals surface area contributed by atoms with Crippen LogP contribution < -0.4 is 0 Å². The Morgan fingerprint density at radius 2 is 2.20 bits per heavy atom. The third-order valence-electron chi connectivity index (χ3n) is 2.56. The van der Waals surface area contributed by atoms with E-state index in [-0.39, 0.29) is 12.2 Å².